The second kappa shape index (κ2) is 3.35. The fourth-order valence-corrected chi connectivity index (χ4v) is 1.25. The standard InChI is InChI=1S/C7H6BrF2NO/c1-3-5(7(9)10)11-2-4(8)6(3)12/h2,7H,1H3,(H,11,12). The van der Waals surface area contributed by atoms with Crippen LogP contribution in [0.1, 0.15) is 17.7 Å². The molecule has 0 saturated carbocycles. The summed E-state index contributed by atoms with van der Waals surface area (Å²) < 4.78 is 24.6. The van der Waals surface area contributed by atoms with E-state index in [-0.39, 0.29) is 15.7 Å². The SMILES string of the molecule is Cc1c(C(F)F)[nH]cc(Br)c1=O. The highest BCUT2D eigenvalue weighted by atomic mass is 79.9. The number of pyridine rings is 1. The number of aromatic nitrogens is 1. The molecule has 1 heterocycles. The fourth-order valence-electron chi connectivity index (χ4n) is 0.843. The number of hydrogen-bond donors (Lipinski definition) is 1. The minimum absolute atomic E-state index is 0.0550. The van der Waals surface area contributed by atoms with Crippen molar-refractivity contribution in [3.8, 4) is 0 Å². The van der Waals surface area contributed by atoms with Crippen LogP contribution < -0.4 is 5.43 Å². The first-order valence-electron chi connectivity index (χ1n) is 3.20. The zero-order valence-corrected chi connectivity index (χ0v) is 7.78. The Hall–Kier alpha value is -0.710. The van der Waals surface area contributed by atoms with Gasteiger partial charge >= 0.3 is 0 Å². The van der Waals surface area contributed by atoms with Crippen LogP contribution in [0.3, 0.4) is 0 Å². The van der Waals surface area contributed by atoms with Crippen LogP contribution in [-0.2, 0) is 0 Å². The van der Waals surface area contributed by atoms with E-state index in [4.69, 9.17) is 0 Å². The van der Waals surface area contributed by atoms with Crippen molar-refractivity contribution >= 4 is 15.9 Å². The Bertz CT molecular complexity index is 348. The Morgan fingerprint density at radius 3 is 2.67 bits per heavy atom. The molecular formula is C7H6BrF2NO. The molecule has 0 aliphatic carbocycles. The smallest absolute Gasteiger partial charge is 0.278 e. The molecule has 0 atom stereocenters. The van der Waals surface area contributed by atoms with Crippen LogP contribution in [0.4, 0.5) is 8.78 Å². The van der Waals surface area contributed by atoms with Gasteiger partial charge in [0.2, 0.25) is 0 Å². The van der Waals surface area contributed by atoms with Crippen molar-refractivity contribution in [1.29, 1.82) is 0 Å². The topological polar surface area (TPSA) is 32.9 Å². The minimum atomic E-state index is -2.63. The largest absolute Gasteiger partial charge is 0.359 e. The maximum absolute atomic E-state index is 12.2. The van der Waals surface area contributed by atoms with Crippen molar-refractivity contribution in [3.05, 3.63) is 32.2 Å². The van der Waals surface area contributed by atoms with Crippen molar-refractivity contribution < 1.29 is 8.78 Å². The lowest BCUT2D eigenvalue weighted by Gasteiger charge is -2.03. The van der Waals surface area contributed by atoms with E-state index >= 15 is 0 Å². The van der Waals surface area contributed by atoms with E-state index in [0.717, 1.165) is 0 Å². The number of aromatic amines is 1. The molecule has 0 radical (unpaired) electrons. The van der Waals surface area contributed by atoms with Gasteiger partial charge in [0.1, 0.15) is 0 Å². The summed E-state index contributed by atoms with van der Waals surface area (Å²) in [7, 11) is 0. The van der Waals surface area contributed by atoms with Gasteiger partial charge in [-0.2, -0.15) is 0 Å². The van der Waals surface area contributed by atoms with E-state index in [2.05, 4.69) is 20.9 Å². The molecule has 0 saturated heterocycles. The molecule has 2 nitrogen and oxygen atoms in total. The minimum Gasteiger partial charge on any atom is -0.359 e. The van der Waals surface area contributed by atoms with Gasteiger partial charge in [-0.25, -0.2) is 8.78 Å². The lowest BCUT2D eigenvalue weighted by atomic mass is 10.2. The molecule has 1 N–H and O–H groups in total. The Labute approximate surface area is 75.7 Å². The molecule has 1 rings (SSSR count). The quantitative estimate of drug-likeness (QED) is 0.800. The van der Waals surface area contributed by atoms with E-state index in [9.17, 15) is 13.6 Å². The first kappa shape index (κ1) is 9.38. The first-order chi connectivity index (χ1) is 5.54. The molecule has 0 aliphatic rings. The summed E-state index contributed by atoms with van der Waals surface area (Å²) in [6.07, 6.45) is -1.41. The highest BCUT2D eigenvalue weighted by molar-refractivity contribution is 9.10. The van der Waals surface area contributed by atoms with Crippen LogP contribution in [0.25, 0.3) is 0 Å². The first-order valence-corrected chi connectivity index (χ1v) is 3.99. The van der Waals surface area contributed by atoms with Gasteiger partial charge in [-0.05, 0) is 22.9 Å². The molecular weight excluding hydrogens is 232 g/mol. The lowest BCUT2D eigenvalue weighted by Crippen LogP contribution is -2.11. The summed E-state index contributed by atoms with van der Waals surface area (Å²) in [5.41, 5.74) is -0.661. The maximum Gasteiger partial charge on any atom is 0.278 e. The molecule has 0 aromatic carbocycles. The maximum atomic E-state index is 12.2. The number of H-pyrrole nitrogens is 1. The Balaban J connectivity index is 3.37. The number of nitrogens with one attached hydrogen (secondary N) is 1. The molecule has 0 unspecified atom stereocenters. The van der Waals surface area contributed by atoms with Gasteiger partial charge in [0, 0.05) is 11.8 Å². The van der Waals surface area contributed by atoms with Gasteiger partial charge in [-0.3, -0.25) is 4.79 Å². The van der Waals surface area contributed by atoms with Crippen LogP contribution in [-0.4, -0.2) is 4.98 Å². The third kappa shape index (κ3) is 1.55. The lowest BCUT2D eigenvalue weighted by molar-refractivity contribution is 0.145. The van der Waals surface area contributed by atoms with Crippen molar-refractivity contribution in [2.45, 2.75) is 13.3 Å². The second-order valence-corrected chi connectivity index (χ2v) is 3.16. The summed E-state index contributed by atoms with van der Waals surface area (Å²) in [5.74, 6) is 0. The molecule has 0 fully saturated rings. The third-order valence-electron chi connectivity index (χ3n) is 1.53. The Morgan fingerprint density at radius 2 is 2.17 bits per heavy atom. The number of halogens is 3. The predicted octanol–water partition coefficient (Wildman–Crippen LogP) is 2.38. The van der Waals surface area contributed by atoms with Crippen molar-refractivity contribution in [3.63, 3.8) is 0 Å². The fraction of sp³-hybridized carbons (Fsp3) is 0.286. The van der Waals surface area contributed by atoms with Crippen LogP contribution in [0.5, 0.6) is 0 Å². The predicted molar refractivity (Wildman–Crippen MR) is 44.5 cm³/mol. The van der Waals surface area contributed by atoms with Crippen molar-refractivity contribution in [1.82, 2.24) is 4.98 Å². The van der Waals surface area contributed by atoms with Gasteiger partial charge < -0.3 is 4.98 Å². The van der Waals surface area contributed by atoms with E-state index < -0.39 is 11.9 Å². The van der Waals surface area contributed by atoms with E-state index in [0.29, 0.717) is 0 Å². The monoisotopic (exact) mass is 237 g/mol. The zero-order valence-electron chi connectivity index (χ0n) is 6.20. The van der Waals surface area contributed by atoms with Crippen LogP contribution in [0, 0.1) is 6.92 Å². The molecule has 1 aromatic rings. The number of rotatable bonds is 1. The summed E-state index contributed by atoms with van der Waals surface area (Å²) >= 11 is 2.94. The zero-order chi connectivity index (χ0) is 9.30. The normalized spacial score (nSPS) is 10.8. The molecule has 0 spiro atoms. The second-order valence-electron chi connectivity index (χ2n) is 2.31. The molecule has 12 heavy (non-hydrogen) atoms. The molecule has 0 bridgehead atoms. The number of hydrogen-bond acceptors (Lipinski definition) is 1. The summed E-state index contributed by atoms with van der Waals surface area (Å²) in [6.45, 7) is 1.37. The molecule has 0 aliphatic heterocycles. The highest BCUT2D eigenvalue weighted by Gasteiger charge is 2.13. The number of alkyl halides is 2. The van der Waals surface area contributed by atoms with E-state index in [1.165, 1.54) is 13.1 Å². The Kier molecular flexibility index (Phi) is 2.62. The van der Waals surface area contributed by atoms with Gasteiger partial charge in [0.25, 0.3) is 6.43 Å². The average molecular weight is 238 g/mol. The van der Waals surface area contributed by atoms with Crippen molar-refractivity contribution in [2.75, 3.05) is 0 Å². The third-order valence-corrected chi connectivity index (χ3v) is 2.12. The van der Waals surface area contributed by atoms with Crippen LogP contribution in [0.15, 0.2) is 15.5 Å². The van der Waals surface area contributed by atoms with Crippen LogP contribution >= 0.6 is 15.9 Å². The summed E-state index contributed by atoms with van der Waals surface area (Å²) in [5, 5.41) is 0. The van der Waals surface area contributed by atoms with Gasteiger partial charge in [0.05, 0.1) is 10.2 Å². The summed E-state index contributed by atoms with van der Waals surface area (Å²) in [4.78, 5) is 13.4. The van der Waals surface area contributed by atoms with E-state index in [1.54, 1.807) is 0 Å². The van der Waals surface area contributed by atoms with E-state index in [1.807, 2.05) is 0 Å². The van der Waals surface area contributed by atoms with Gasteiger partial charge in [-0.1, -0.05) is 0 Å². The molecule has 0 amide bonds. The van der Waals surface area contributed by atoms with Gasteiger partial charge in [0.15, 0.2) is 5.43 Å². The van der Waals surface area contributed by atoms with Crippen LogP contribution in [0.2, 0.25) is 0 Å². The molecule has 5 heteroatoms. The van der Waals surface area contributed by atoms with Crippen molar-refractivity contribution in [2.24, 2.45) is 0 Å². The summed E-state index contributed by atoms with van der Waals surface area (Å²) in [6, 6.07) is 0. The average Bonchev–Trinajstić information content (AvgIpc) is 2.00. The highest BCUT2D eigenvalue weighted by Crippen LogP contribution is 2.18. The molecule has 1 aromatic heterocycles. The van der Waals surface area contributed by atoms with Gasteiger partial charge in [-0.15, -0.1) is 0 Å². The Morgan fingerprint density at radius 1 is 1.58 bits per heavy atom. The molecule has 66 valence electrons.